The third-order valence-electron chi connectivity index (χ3n) is 2.65. The molecule has 0 fully saturated rings. The second-order valence-corrected chi connectivity index (χ2v) is 4.25. The summed E-state index contributed by atoms with van der Waals surface area (Å²) in [7, 11) is 0. The molecule has 7 nitrogen and oxygen atoms in total. The molecule has 3 N–H and O–H groups in total. The number of carboxylic acids is 1. The largest absolute Gasteiger partial charge is 0.480 e. The molecular weight excluding hydrogens is 238 g/mol. The van der Waals surface area contributed by atoms with E-state index < -0.39 is 24.5 Å². The highest BCUT2D eigenvalue weighted by molar-refractivity contribution is 5.86. The molecule has 100 valence electrons. The van der Waals surface area contributed by atoms with Crippen molar-refractivity contribution in [1.82, 2.24) is 9.80 Å². The summed E-state index contributed by atoms with van der Waals surface area (Å²) < 4.78 is 0. The molecule has 0 saturated carbocycles. The normalized spacial score (nSPS) is 14.9. The van der Waals surface area contributed by atoms with Crippen molar-refractivity contribution < 1.29 is 19.5 Å². The third kappa shape index (κ3) is 4.08. The first-order valence-corrected chi connectivity index (χ1v) is 5.59. The van der Waals surface area contributed by atoms with Crippen molar-refractivity contribution in [3.8, 4) is 0 Å². The lowest BCUT2D eigenvalue weighted by Crippen LogP contribution is -2.49. The van der Waals surface area contributed by atoms with Gasteiger partial charge in [-0.1, -0.05) is 11.6 Å². The van der Waals surface area contributed by atoms with Crippen LogP contribution in [0.15, 0.2) is 11.6 Å². The van der Waals surface area contributed by atoms with Crippen LogP contribution in [0.25, 0.3) is 0 Å². The van der Waals surface area contributed by atoms with E-state index in [1.807, 2.05) is 13.0 Å². The van der Waals surface area contributed by atoms with Gasteiger partial charge in [-0.15, -0.1) is 0 Å². The maximum absolute atomic E-state index is 12.0. The molecule has 0 radical (unpaired) electrons. The van der Waals surface area contributed by atoms with Crippen LogP contribution in [0, 0.1) is 0 Å². The number of amides is 3. The summed E-state index contributed by atoms with van der Waals surface area (Å²) in [5.41, 5.74) is 6.20. The summed E-state index contributed by atoms with van der Waals surface area (Å²) in [6.07, 6.45) is 2.66. The number of carboxylic acid groups (broad SMARTS) is 1. The van der Waals surface area contributed by atoms with Crippen molar-refractivity contribution in [2.24, 2.45) is 5.73 Å². The fourth-order valence-corrected chi connectivity index (χ4v) is 1.69. The number of hydrogen-bond donors (Lipinski definition) is 2. The lowest BCUT2D eigenvalue weighted by Gasteiger charge is -2.30. The Morgan fingerprint density at radius 2 is 2.11 bits per heavy atom. The van der Waals surface area contributed by atoms with E-state index in [0.29, 0.717) is 13.1 Å². The van der Waals surface area contributed by atoms with Crippen LogP contribution >= 0.6 is 0 Å². The SMILES string of the molecule is CC1=CCN(C(=O)N(CC(N)=O)CC(=O)O)CC1. The number of carbonyl (C=O) groups excluding carboxylic acids is 2. The monoisotopic (exact) mass is 255 g/mol. The van der Waals surface area contributed by atoms with Crippen LogP contribution in [0.5, 0.6) is 0 Å². The van der Waals surface area contributed by atoms with E-state index >= 15 is 0 Å². The van der Waals surface area contributed by atoms with Crippen molar-refractivity contribution in [2.45, 2.75) is 13.3 Å². The molecule has 18 heavy (non-hydrogen) atoms. The average Bonchev–Trinajstić information content (AvgIpc) is 2.27. The topological polar surface area (TPSA) is 104 Å². The molecule has 0 spiro atoms. The number of carbonyl (C=O) groups is 3. The first-order valence-electron chi connectivity index (χ1n) is 5.59. The summed E-state index contributed by atoms with van der Waals surface area (Å²) in [5, 5.41) is 8.71. The Bertz CT molecular complexity index is 376. The van der Waals surface area contributed by atoms with Crippen LogP contribution in [-0.4, -0.2) is 59.0 Å². The molecule has 3 amide bonds. The Kier molecular flexibility index (Phi) is 4.70. The van der Waals surface area contributed by atoms with Gasteiger partial charge in [-0.25, -0.2) is 4.79 Å². The molecule has 0 aromatic rings. The zero-order valence-electron chi connectivity index (χ0n) is 10.3. The van der Waals surface area contributed by atoms with Crippen LogP contribution in [0.1, 0.15) is 13.3 Å². The summed E-state index contributed by atoms with van der Waals surface area (Å²) in [4.78, 5) is 36.0. The molecule has 1 aliphatic heterocycles. The van der Waals surface area contributed by atoms with E-state index in [1.165, 1.54) is 10.5 Å². The Balaban J connectivity index is 2.69. The molecule has 1 aliphatic rings. The number of aliphatic carboxylic acids is 1. The van der Waals surface area contributed by atoms with E-state index in [1.54, 1.807) is 0 Å². The van der Waals surface area contributed by atoms with Gasteiger partial charge >= 0.3 is 12.0 Å². The fraction of sp³-hybridized carbons (Fsp3) is 0.545. The van der Waals surface area contributed by atoms with Gasteiger partial charge in [-0.3, -0.25) is 9.59 Å². The van der Waals surface area contributed by atoms with Crippen LogP contribution < -0.4 is 5.73 Å². The molecule has 7 heteroatoms. The molecule has 0 saturated heterocycles. The maximum Gasteiger partial charge on any atom is 0.323 e. The maximum atomic E-state index is 12.0. The standard InChI is InChI=1S/C11H17N3O4/c1-8-2-4-13(5-3-8)11(18)14(6-9(12)15)7-10(16)17/h2H,3-7H2,1H3,(H2,12,15)(H,16,17). The van der Waals surface area contributed by atoms with Crippen molar-refractivity contribution in [3.63, 3.8) is 0 Å². The van der Waals surface area contributed by atoms with E-state index in [4.69, 9.17) is 10.8 Å². The number of rotatable bonds is 4. The highest BCUT2D eigenvalue weighted by atomic mass is 16.4. The number of nitrogens with two attached hydrogens (primary N) is 1. The third-order valence-corrected chi connectivity index (χ3v) is 2.65. The van der Waals surface area contributed by atoms with Gasteiger partial charge in [-0.05, 0) is 13.3 Å². The number of primary amides is 1. The quantitative estimate of drug-likeness (QED) is 0.669. The van der Waals surface area contributed by atoms with Gasteiger partial charge < -0.3 is 20.6 Å². The molecule has 0 aromatic carbocycles. The van der Waals surface area contributed by atoms with E-state index in [9.17, 15) is 14.4 Å². The molecule has 0 aromatic heterocycles. The van der Waals surface area contributed by atoms with Crippen LogP contribution in [0.2, 0.25) is 0 Å². The van der Waals surface area contributed by atoms with Crippen molar-refractivity contribution in [2.75, 3.05) is 26.2 Å². The predicted octanol–water partition coefficient (Wildman–Crippen LogP) is -0.370. The zero-order valence-corrected chi connectivity index (χ0v) is 10.3. The second-order valence-electron chi connectivity index (χ2n) is 4.25. The highest BCUT2D eigenvalue weighted by Crippen LogP contribution is 2.11. The molecule has 0 bridgehead atoms. The molecule has 1 rings (SSSR count). The summed E-state index contributed by atoms with van der Waals surface area (Å²) in [6.45, 7) is 2.02. The number of urea groups is 1. The van der Waals surface area contributed by atoms with E-state index in [0.717, 1.165) is 11.3 Å². The minimum absolute atomic E-state index is 0.385. The molecule has 1 heterocycles. The van der Waals surface area contributed by atoms with Crippen LogP contribution in [0.3, 0.4) is 0 Å². The summed E-state index contributed by atoms with van der Waals surface area (Å²) in [5.74, 6) is -1.90. The highest BCUT2D eigenvalue weighted by Gasteiger charge is 2.24. The van der Waals surface area contributed by atoms with Crippen molar-refractivity contribution >= 4 is 17.9 Å². The summed E-state index contributed by atoms with van der Waals surface area (Å²) >= 11 is 0. The van der Waals surface area contributed by atoms with Gasteiger partial charge in [0.05, 0.1) is 0 Å². The summed E-state index contributed by atoms with van der Waals surface area (Å²) in [6, 6.07) is -0.472. The fourth-order valence-electron chi connectivity index (χ4n) is 1.69. The van der Waals surface area contributed by atoms with Crippen molar-refractivity contribution in [3.05, 3.63) is 11.6 Å². The van der Waals surface area contributed by atoms with Gasteiger partial charge in [0.2, 0.25) is 5.91 Å². The minimum Gasteiger partial charge on any atom is -0.480 e. The average molecular weight is 255 g/mol. The zero-order chi connectivity index (χ0) is 13.7. The van der Waals surface area contributed by atoms with E-state index in [-0.39, 0.29) is 6.54 Å². The molecule has 0 atom stereocenters. The predicted molar refractivity (Wildman–Crippen MR) is 63.7 cm³/mol. The Labute approximate surface area is 105 Å². The molecule has 0 unspecified atom stereocenters. The smallest absolute Gasteiger partial charge is 0.323 e. The molecule has 0 aliphatic carbocycles. The van der Waals surface area contributed by atoms with Gasteiger partial charge in [0.1, 0.15) is 13.1 Å². The Morgan fingerprint density at radius 1 is 1.44 bits per heavy atom. The van der Waals surface area contributed by atoms with Gasteiger partial charge in [-0.2, -0.15) is 0 Å². The Hall–Kier alpha value is -2.05. The molecular formula is C11H17N3O4. The van der Waals surface area contributed by atoms with Crippen LogP contribution in [0.4, 0.5) is 4.79 Å². The van der Waals surface area contributed by atoms with Crippen LogP contribution in [-0.2, 0) is 9.59 Å². The first kappa shape index (κ1) is 14.0. The first-order chi connectivity index (χ1) is 8.40. The lowest BCUT2D eigenvalue weighted by atomic mass is 10.1. The second kappa shape index (κ2) is 6.04. The van der Waals surface area contributed by atoms with Gasteiger partial charge in [0, 0.05) is 13.1 Å². The van der Waals surface area contributed by atoms with Crippen molar-refractivity contribution in [1.29, 1.82) is 0 Å². The lowest BCUT2D eigenvalue weighted by molar-refractivity contribution is -0.138. The number of nitrogens with zero attached hydrogens (tertiary/aromatic N) is 2. The minimum atomic E-state index is -1.17. The van der Waals surface area contributed by atoms with E-state index in [2.05, 4.69) is 0 Å². The van der Waals surface area contributed by atoms with Gasteiger partial charge in [0.15, 0.2) is 0 Å². The Morgan fingerprint density at radius 3 is 2.56 bits per heavy atom. The number of hydrogen-bond acceptors (Lipinski definition) is 3. The van der Waals surface area contributed by atoms with Gasteiger partial charge in [0.25, 0.3) is 0 Å².